The summed E-state index contributed by atoms with van der Waals surface area (Å²) < 4.78 is 5.66. The van der Waals surface area contributed by atoms with Crippen molar-refractivity contribution in [2.24, 2.45) is 0 Å². The fourth-order valence-corrected chi connectivity index (χ4v) is 1.73. The Kier molecular flexibility index (Phi) is 4.69. The van der Waals surface area contributed by atoms with E-state index in [2.05, 4.69) is 0 Å². The van der Waals surface area contributed by atoms with Gasteiger partial charge in [0.05, 0.1) is 6.10 Å². The van der Waals surface area contributed by atoms with Crippen molar-refractivity contribution in [3.63, 3.8) is 0 Å². The lowest BCUT2D eigenvalue weighted by molar-refractivity contribution is -0.105. The van der Waals surface area contributed by atoms with E-state index in [-0.39, 0.29) is 18.4 Å². The smallest absolute Gasteiger partial charge is 0.325 e. The molecule has 0 aliphatic carbocycles. The molecule has 1 fully saturated rings. The number of carbonyl (C=O) groups is 2. The summed E-state index contributed by atoms with van der Waals surface area (Å²) >= 11 is 0. The van der Waals surface area contributed by atoms with Crippen molar-refractivity contribution < 1.29 is 14.3 Å². The SMILES string of the molecule is C/C(C=O)=C/N(C(=O)N(C)C)C1CCC(C)O1. The Morgan fingerprint density at radius 1 is 1.35 bits per heavy atom. The van der Waals surface area contributed by atoms with Crippen molar-refractivity contribution >= 4 is 12.3 Å². The van der Waals surface area contributed by atoms with E-state index in [0.717, 1.165) is 19.1 Å². The Hall–Kier alpha value is -1.36. The van der Waals surface area contributed by atoms with E-state index < -0.39 is 0 Å². The first-order chi connectivity index (χ1) is 7.95. The topological polar surface area (TPSA) is 49.9 Å². The first-order valence-corrected chi connectivity index (χ1v) is 5.74. The molecule has 0 spiro atoms. The molecule has 0 saturated carbocycles. The average molecular weight is 240 g/mol. The molecular formula is C12H20N2O3. The molecule has 0 aromatic carbocycles. The highest BCUT2D eigenvalue weighted by atomic mass is 16.5. The molecule has 17 heavy (non-hydrogen) atoms. The van der Waals surface area contributed by atoms with Crippen molar-refractivity contribution in [2.45, 2.75) is 39.0 Å². The van der Waals surface area contributed by atoms with Gasteiger partial charge in [0, 0.05) is 25.9 Å². The van der Waals surface area contributed by atoms with Crippen LogP contribution in [0.4, 0.5) is 4.79 Å². The summed E-state index contributed by atoms with van der Waals surface area (Å²) in [6.07, 6.45) is 3.89. The second kappa shape index (κ2) is 5.82. The maximum Gasteiger partial charge on any atom is 0.325 e. The van der Waals surface area contributed by atoms with E-state index in [9.17, 15) is 9.59 Å². The average Bonchev–Trinajstić information content (AvgIpc) is 2.71. The van der Waals surface area contributed by atoms with Gasteiger partial charge in [-0.2, -0.15) is 0 Å². The van der Waals surface area contributed by atoms with E-state index in [1.165, 1.54) is 9.80 Å². The number of rotatable bonds is 3. The largest absolute Gasteiger partial charge is 0.355 e. The van der Waals surface area contributed by atoms with Gasteiger partial charge in [-0.1, -0.05) is 0 Å². The highest BCUT2D eigenvalue weighted by Gasteiger charge is 2.30. The minimum absolute atomic E-state index is 0.155. The molecule has 1 heterocycles. The maximum atomic E-state index is 12.0. The van der Waals surface area contributed by atoms with E-state index in [4.69, 9.17) is 4.74 Å². The van der Waals surface area contributed by atoms with E-state index in [0.29, 0.717) is 5.57 Å². The summed E-state index contributed by atoms with van der Waals surface area (Å²) in [4.78, 5) is 25.6. The molecule has 0 aromatic rings. The third kappa shape index (κ3) is 3.56. The zero-order chi connectivity index (χ0) is 13.0. The molecule has 1 saturated heterocycles. The predicted octanol–water partition coefficient (Wildman–Crippen LogP) is 1.60. The summed E-state index contributed by atoms with van der Waals surface area (Å²) in [7, 11) is 3.36. The summed E-state index contributed by atoms with van der Waals surface area (Å²) in [6, 6.07) is -0.176. The highest BCUT2D eigenvalue weighted by Crippen LogP contribution is 2.23. The number of hydrogen-bond donors (Lipinski definition) is 0. The molecule has 5 heteroatoms. The fourth-order valence-electron chi connectivity index (χ4n) is 1.73. The van der Waals surface area contributed by atoms with Crippen LogP contribution in [0.25, 0.3) is 0 Å². The van der Waals surface area contributed by atoms with Crippen molar-refractivity contribution in [1.82, 2.24) is 9.80 Å². The van der Waals surface area contributed by atoms with Gasteiger partial charge >= 0.3 is 6.03 Å². The fraction of sp³-hybridized carbons (Fsp3) is 0.667. The Bertz CT molecular complexity index is 326. The van der Waals surface area contributed by atoms with Crippen LogP contribution < -0.4 is 0 Å². The van der Waals surface area contributed by atoms with Gasteiger partial charge in [-0.3, -0.25) is 9.69 Å². The Morgan fingerprint density at radius 2 is 2.00 bits per heavy atom. The zero-order valence-corrected chi connectivity index (χ0v) is 10.8. The summed E-state index contributed by atoms with van der Waals surface area (Å²) in [5.74, 6) is 0. The Labute approximate surface area is 102 Å². The summed E-state index contributed by atoms with van der Waals surface area (Å²) in [5, 5.41) is 0. The number of hydrogen-bond acceptors (Lipinski definition) is 3. The van der Waals surface area contributed by atoms with Crippen LogP contribution in [0.2, 0.25) is 0 Å². The minimum atomic E-state index is -0.269. The number of allylic oxidation sites excluding steroid dienone is 1. The minimum Gasteiger partial charge on any atom is -0.355 e. The van der Waals surface area contributed by atoms with Crippen LogP contribution >= 0.6 is 0 Å². The Morgan fingerprint density at radius 3 is 2.41 bits per heavy atom. The molecule has 2 unspecified atom stereocenters. The van der Waals surface area contributed by atoms with Crippen LogP contribution in [-0.2, 0) is 9.53 Å². The lowest BCUT2D eigenvalue weighted by Crippen LogP contribution is -2.42. The molecule has 0 N–H and O–H groups in total. The number of amides is 2. The second-order valence-electron chi connectivity index (χ2n) is 4.55. The van der Waals surface area contributed by atoms with Gasteiger partial charge < -0.3 is 9.64 Å². The molecule has 96 valence electrons. The highest BCUT2D eigenvalue weighted by molar-refractivity contribution is 5.78. The van der Waals surface area contributed by atoms with Crippen molar-refractivity contribution in [1.29, 1.82) is 0 Å². The summed E-state index contributed by atoms with van der Waals surface area (Å²) in [5.41, 5.74) is 0.503. The molecular weight excluding hydrogens is 220 g/mol. The first kappa shape index (κ1) is 13.7. The monoisotopic (exact) mass is 240 g/mol. The lowest BCUT2D eigenvalue weighted by Gasteiger charge is -2.28. The molecule has 0 aromatic heterocycles. The van der Waals surface area contributed by atoms with E-state index in [1.807, 2.05) is 6.92 Å². The molecule has 1 aliphatic heterocycles. The molecule has 1 rings (SSSR count). The van der Waals surface area contributed by atoms with Crippen LogP contribution in [0.3, 0.4) is 0 Å². The molecule has 1 aliphatic rings. The molecule has 2 amide bonds. The normalized spacial score (nSPS) is 24.6. The van der Waals surface area contributed by atoms with Crippen LogP contribution in [-0.4, -0.2) is 48.5 Å². The van der Waals surface area contributed by atoms with Gasteiger partial charge in [-0.25, -0.2) is 4.79 Å². The van der Waals surface area contributed by atoms with Crippen LogP contribution in [0.15, 0.2) is 11.8 Å². The van der Waals surface area contributed by atoms with Crippen molar-refractivity contribution in [2.75, 3.05) is 14.1 Å². The zero-order valence-electron chi connectivity index (χ0n) is 10.8. The van der Waals surface area contributed by atoms with Gasteiger partial charge in [0.15, 0.2) is 0 Å². The number of urea groups is 1. The van der Waals surface area contributed by atoms with Gasteiger partial charge in [0.2, 0.25) is 0 Å². The van der Waals surface area contributed by atoms with Crippen LogP contribution in [0.5, 0.6) is 0 Å². The second-order valence-corrected chi connectivity index (χ2v) is 4.55. The van der Waals surface area contributed by atoms with Gasteiger partial charge in [0.25, 0.3) is 0 Å². The third-order valence-electron chi connectivity index (χ3n) is 2.65. The molecule has 0 bridgehead atoms. The molecule has 0 radical (unpaired) electrons. The quantitative estimate of drug-likeness (QED) is 0.556. The van der Waals surface area contributed by atoms with E-state index in [1.54, 1.807) is 27.2 Å². The predicted molar refractivity (Wildman–Crippen MR) is 64.3 cm³/mol. The first-order valence-electron chi connectivity index (χ1n) is 5.74. The molecule has 2 atom stereocenters. The van der Waals surface area contributed by atoms with Gasteiger partial charge in [-0.05, 0) is 26.7 Å². The lowest BCUT2D eigenvalue weighted by atomic mass is 10.2. The summed E-state index contributed by atoms with van der Waals surface area (Å²) in [6.45, 7) is 3.65. The van der Waals surface area contributed by atoms with E-state index >= 15 is 0 Å². The third-order valence-corrected chi connectivity index (χ3v) is 2.65. The number of aldehydes is 1. The van der Waals surface area contributed by atoms with Crippen LogP contribution in [0.1, 0.15) is 26.7 Å². The van der Waals surface area contributed by atoms with Crippen LogP contribution in [0, 0.1) is 0 Å². The Balaban J connectivity index is 2.86. The number of carbonyl (C=O) groups excluding carboxylic acids is 2. The number of nitrogens with zero attached hydrogens (tertiary/aromatic N) is 2. The maximum absolute atomic E-state index is 12.0. The standard InChI is InChI=1S/C12H20N2O3/c1-9(8-15)7-14(12(16)13(3)4)11-6-5-10(2)17-11/h7-8,10-11H,5-6H2,1-4H3/b9-7-. The van der Waals surface area contributed by atoms with Crippen molar-refractivity contribution in [3.8, 4) is 0 Å². The van der Waals surface area contributed by atoms with Crippen molar-refractivity contribution in [3.05, 3.63) is 11.8 Å². The number of ether oxygens (including phenoxy) is 1. The molecule has 5 nitrogen and oxygen atoms in total. The van der Waals surface area contributed by atoms with Gasteiger partial charge in [-0.15, -0.1) is 0 Å². The van der Waals surface area contributed by atoms with Gasteiger partial charge in [0.1, 0.15) is 12.5 Å².